The Bertz CT molecular complexity index is 713. The van der Waals surface area contributed by atoms with E-state index >= 15 is 0 Å². The molecule has 0 spiro atoms. The van der Waals surface area contributed by atoms with E-state index in [1.807, 2.05) is 42.5 Å². The lowest BCUT2D eigenvalue weighted by Crippen LogP contribution is -2.40. The molecule has 1 aromatic carbocycles. The summed E-state index contributed by atoms with van der Waals surface area (Å²) in [4.78, 5) is 26.0. The van der Waals surface area contributed by atoms with Crippen LogP contribution in [0.5, 0.6) is 0 Å². The van der Waals surface area contributed by atoms with E-state index in [1.165, 1.54) is 6.26 Å². The Labute approximate surface area is 146 Å². The molecule has 25 heavy (non-hydrogen) atoms. The van der Waals surface area contributed by atoms with Crippen molar-refractivity contribution in [1.29, 1.82) is 0 Å². The van der Waals surface area contributed by atoms with Gasteiger partial charge >= 0.3 is 5.97 Å². The quantitative estimate of drug-likeness (QED) is 0.784. The van der Waals surface area contributed by atoms with Gasteiger partial charge in [0.25, 0.3) is 5.91 Å². The van der Waals surface area contributed by atoms with Crippen LogP contribution in [0.1, 0.15) is 29.0 Å². The second kappa shape index (κ2) is 8.33. The number of carbonyl (C=O) groups excluding carboxylic acids is 2. The number of piperidine rings is 1. The molecule has 0 atom stereocenters. The number of amides is 1. The average molecular weight is 339 g/mol. The smallest absolute Gasteiger partial charge is 0.309 e. The lowest BCUT2D eigenvalue weighted by molar-refractivity contribution is -0.148. The van der Waals surface area contributed by atoms with Crippen molar-refractivity contribution in [1.82, 2.24) is 4.90 Å². The molecule has 130 valence electrons. The standard InChI is InChI=1S/C20H21NO4/c22-19(18-9-5-14-24-18)21-12-10-17(11-13-21)20(23)25-15-4-8-16-6-2-1-3-7-16/h1-9,14,17H,10-13,15H2/b8-4+. The molecule has 1 aliphatic rings. The highest BCUT2D eigenvalue weighted by Gasteiger charge is 2.29. The van der Waals surface area contributed by atoms with Crippen LogP contribution in [0.4, 0.5) is 0 Å². The number of benzene rings is 1. The van der Waals surface area contributed by atoms with Gasteiger partial charge in [0.05, 0.1) is 12.2 Å². The predicted octanol–water partition coefficient (Wildman–Crippen LogP) is 3.39. The van der Waals surface area contributed by atoms with Gasteiger partial charge in [0.1, 0.15) is 6.61 Å². The van der Waals surface area contributed by atoms with Gasteiger partial charge < -0.3 is 14.1 Å². The van der Waals surface area contributed by atoms with Crippen LogP contribution in [0, 0.1) is 5.92 Å². The number of ether oxygens (including phenoxy) is 1. The first-order valence-corrected chi connectivity index (χ1v) is 8.45. The summed E-state index contributed by atoms with van der Waals surface area (Å²) in [5, 5.41) is 0. The Kier molecular flexibility index (Phi) is 5.67. The van der Waals surface area contributed by atoms with Crippen molar-refractivity contribution in [2.45, 2.75) is 12.8 Å². The van der Waals surface area contributed by atoms with E-state index in [0.717, 1.165) is 5.56 Å². The largest absolute Gasteiger partial charge is 0.461 e. The second-order valence-electron chi connectivity index (χ2n) is 5.99. The Morgan fingerprint density at radius 1 is 1.12 bits per heavy atom. The topological polar surface area (TPSA) is 59.8 Å². The first-order valence-electron chi connectivity index (χ1n) is 8.45. The van der Waals surface area contributed by atoms with E-state index < -0.39 is 0 Å². The van der Waals surface area contributed by atoms with Crippen molar-refractivity contribution in [3.05, 3.63) is 66.1 Å². The van der Waals surface area contributed by atoms with Crippen molar-refractivity contribution < 1.29 is 18.7 Å². The van der Waals surface area contributed by atoms with Gasteiger partial charge in [-0.25, -0.2) is 0 Å². The number of nitrogens with zero attached hydrogens (tertiary/aromatic N) is 1. The Morgan fingerprint density at radius 2 is 1.88 bits per heavy atom. The first kappa shape index (κ1) is 17.0. The lowest BCUT2D eigenvalue weighted by atomic mass is 9.97. The van der Waals surface area contributed by atoms with Crippen molar-refractivity contribution in [3.63, 3.8) is 0 Å². The van der Waals surface area contributed by atoms with Crippen LogP contribution in [0.3, 0.4) is 0 Å². The van der Waals surface area contributed by atoms with E-state index in [1.54, 1.807) is 17.0 Å². The molecule has 0 bridgehead atoms. The average Bonchev–Trinajstić information content (AvgIpc) is 3.20. The molecule has 0 N–H and O–H groups in total. The van der Waals surface area contributed by atoms with Gasteiger partial charge in [0, 0.05) is 13.1 Å². The third-order valence-corrected chi connectivity index (χ3v) is 4.28. The molecule has 3 rings (SSSR count). The van der Waals surface area contributed by atoms with Gasteiger partial charge in [-0.3, -0.25) is 9.59 Å². The maximum Gasteiger partial charge on any atom is 0.309 e. The number of hydrogen-bond donors (Lipinski definition) is 0. The van der Waals surface area contributed by atoms with Crippen LogP contribution in [-0.4, -0.2) is 36.5 Å². The van der Waals surface area contributed by atoms with Crippen LogP contribution < -0.4 is 0 Å². The number of hydrogen-bond acceptors (Lipinski definition) is 4. The molecule has 2 aromatic rings. The van der Waals surface area contributed by atoms with Crippen LogP contribution in [0.25, 0.3) is 6.08 Å². The second-order valence-corrected chi connectivity index (χ2v) is 5.99. The molecule has 0 unspecified atom stereocenters. The molecular weight excluding hydrogens is 318 g/mol. The van der Waals surface area contributed by atoms with E-state index in [4.69, 9.17) is 9.15 Å². The van der Waals surface area contributed by atoms with Gasteiger partial charge in [-0.05, 0) is 36.6 Å². The molecule has 5 heteroatoms. The summed E-state index contributed by atoms with van der Waals surface area (Å²) < 4.78 is 10.5. The highest BCUT2D eigenvalue weighted by Crippen LogP contribution is 2.20. The van der Waals surface area contributed by atoms with Gasteiger partial charge in [0.15, 0.2) is 5.76 Å². The minimum absolute atomic E-state index is 0.123. The number of esters is 1. The molecule has 1 saturated heterocycles. The monoisotopic (exact) mass is 339 g/mol. The summed E-state index contributed by atoms with van der Waals surface area (Å²) in [5.41, 5.74) is 1.07. The zero-order chi connectivity index (χ0) is 17.5. The first-order chi connectivity index (χ1) is 12.2. The molecule has 2 heterocycles. The minimum atomic E-state index is -0.192. The summed E-state index contributed by atoms with van der Waals surface area (Å²) in [6.07, 6.45) is 6.49. The molecule has 5 nitrogen and oxygen atoms in total. The number of likely N-dealkylation sites (tertiary alicyclic amines) is 1. The molecule has 1 fully saturated rings. The third-order valence-electron chi connectivity index (χ3n) is 4.28. The van der Waals surface area contributed by atoms with E-state index in [2.05, 4.69) is 0 Å². The molecule has 0 aliphatic carbocycles. The fourth-order valence-corrected chi connectivity index (χ4v) is 2.87. The van der Waals surface area contributed by atoms with Gasteiger partial charge in [0.2, 0.25) is 0 Å². The fourth-order valence-electron chi connectivity index (χ4n) is 2.87. The molecule has 1 aromatic heterocycles. The normalized spacial score (nSPS) is 15.4. The number of rotatable bonds is 5. The molecule has 1 amide bonds. The molecular formula is C20H21NO4. The summed E-state index contributed by atoms with van der Waals surface area (Å²) in [5.74, 6) is -0.122. The Morgan fingerprint density at radius 3 is 2.56 bits per heavy atom. The van der Waals surface area contributed by atoms with E-state index in [9.17, 15) is 9.59 Å². The van der Waals surface area contributed by atoms with Gasteiger partial charge in [-0.2, -0.15) is 0 Å². The fraction of sp³-hybridized carbons (Fsp3) is 0.300. The third kappa shape index (κ3) is 4.59. The van der Waals surface area contributed by atoms with Crippen molar-refractivity contribution >= 4 is 18.0 Å². The Hall–Kier alpha value is -2.82. The number of carbonyl (C=O) groups is 2. The highest BCUT2D eigenvalue weighted by atomic mass is 16.5. The van der Waals surface area contributed by atoms with Gasteiger partial charge in [-0.15, -0.1) is 0 Å². The van der Waals surface area contributed by atoms with Crippen LogP contribution in [-0.2, 0) is 9.53 Å². The maximum absolute atomic E-state index is 12.2. The zero-order valence-electron chi connectivity index (χ0n) is 14.0. The minimum Gasteiger partial charge on any atom is -0.461 e. The van der Waals surface area contributed by atoms with Crippen LogP contribution in [0.2, 0.25) is 0 Å². The van der Waals surface area contributed by atoms with E-state index in [-0.39, 0.29) is 24.4 Å². The predicted molar refractivity (Wildman–Crippen MR) is 93.8 cm³/mol. The summed E-state index contributed by atoms with van der Waals surface area (Å²) in [7, 11) is 0. The highest BCUT2D eigenvalue weighted by molar-refractivity contribution is 5.91. The van der Waals surface area contributed by atoms with Crippen molar-refractivity contribution in [2.24, 2.45) is 5.92 Å². The van der Waals surface area contributed by atoms with Crippen LogP contribution in [0.15, 0.2) is 59.2 Å². The van der Waals surface area contributed by atoms with Crippen LogP contribution >= 0.6 is 0 Å². The molecule has 0 saturated carbocycles. The SMILES string of the molecule is O=C(OC/C=C/c1ccccc1)C1CCN(C(=O)c2ccco2)CC1. The molecule has 1 aliphatic heterocycles. The van der Waals surface area contributed by atoms with Gasteiger partial charge in [-0.1, -0.05) is 36.4 Å². The van der Waals surface area contributed by atoms with Crippen molar-refractivity contribution in [3.8, 4) is 0 Å². The summed E-state index contributed by atoms with van der Waals surface area (Å²) in [6, 6.07) is 13.2. The summed E-state index contributed by atoms with van der Waals surface area (Å²) >= 11 is 0. The lowest BCUT2D eigenvalue weighted by Gasteiger charge is -2.30. The maximum atomic E-state index is 12.2. The summed E-state index contributed by atoms with van der Waals surface area (Å²) in [6.45, 7) is 1.34. The zero-order valence-corrected chi connectivity index (χ0v) is 14.0. The Balaban J connectivity index is 1.41. The molecule has 0 radical (unpaired) electrons. The van der Waals surface area contributed by atoms with E-state index in [0.29, 0.717) is 31.7 Å². The number of furan rings is 1. The van der Waals surface area contributed by atoms with Crippen molar-refractivity contribution in [2.75, 3.05) is 19.7 Å².